The molecule has 0 spiro atoms. The highest BCUT2D eigenvalue weighted by molar-refractivity contribution is 5.88. The quantitative estimate of drug-likeness (QED) is 0.611. The van der Waals surface area contributed by atoms with E-state index in [2.05, 4.69) is 9.72 Å². The topological polar surface area (TPSA) is 39.2 Å². The Hall–Kier alpha value is -2.11. The van der Waals surface area contributed by atoms with Gasteiger partial charge in [0, 0.05) is 17.0 Å². The minimum absolute atomic E-state index is 0.0549. The smallest absolute Gasteiger partial charge is 0.311 e. The maximum absolute atomic E-state index is 13.5. The van der Waals surface area contributed by atoms with Crippen LogP contribution in [0.4, 0.5) is 13.2 Å². The van der Waals surface area contributed by atoms with Crippen LogP contribution in [0.3, 0.4) is 0 Å². The van der Waals surface area contributed by atoms with Gasteiger partial charge in [0.15, 0.2) is 17.5 Å². The molecule has 0 aliphatic carbocycles. The van der Waals surface area contributed by atoms with Crippen LogP contribution in [0.5, 0.6) is 0 Å². The van der Waals surface area contributed by atoms with Crippen molar-refractivity contribution < 1.29 is 22.7 Å². The first-order valence-corrected chi connectivity index (χ1v) is 5.02. The van der Waals surface area contributed by atoms with E-state index in [1.165, 1.54) is 19.4 Å². The molecule has 0 bridgehead atoms. The predicted octanol–water partition coefficient (Wildman–Crippen LogP) is 2.37. The van der Waals surface area contributed by atoms with Gasteiger partial charge in [0.25, 0.3) is 0 Å². The van der Waals surface area contributed by atoms with Crippen LogP contribution in [0, 0.1) is 17.5 Å². The third-order valence-corrected chi connectivity index (χ3v) is 2.52. The number of methoxy groups -OCH3 is 1. The highest BCUT2D eigenvalue weighted by atomic mass is 19.2. The van der Waals surface area contributed by atoms with Crippen LogP contribution in [0.15, 0.2) is 18.3 Å². The van der Waals surface area contributed by atoms with Crippen molar-refractivity contribution in [2.24, 2.45) is 0 Å². The molecule has 94 valence electrons. The molecule has 0 aliphatic heterocycles. The largest absolute Gasteiger partial charge is 0.469 e. The number of hydrogen-bond acceptors (Lipinski definition) is 3. The molecule has 6 heteroatoms. The summed E-state index contributed by atoms with van der Waals surface area (Å²) in [5.74, 6) is -4.75. The highest BCUT2D eigenvalue weighted by Crippen LogP contribution is 2.24. The monoisotopic (exact) mass is 255 g/mol. The molecular formula is C12H8F3NO2. The molecule has 1 aromatic heterocycles. The molecule has 0 amide bonds. The number of pyridine rings is 1. The summed E-state index contributed by atoms with van der Waals surface area (Å²) in [5.41, 5.74) is 0.136. The van der Waals surface area contributed by atoms with Crippen LogP contribution in [0.1, 0.15) is 5.69 Å². The molecule has 1 aromatic carbocycles. The lowest BCUT2D eigenvalue weighted by Crippen LogP contribution is -2.07. The average molecular weight is 255 g/mol. The van der Waals surface area contributed by atoms with E-state index in [-0.39, 0.29) is 22.9 Å². The van der Waals surface area contributed by atoms with Crippen molar-refractivity contribution in [1.82, 2.24) is 4.98 Å². The number of rotatable bonds is 2. The van der Waals surface area contributed by atoms with E-state index in [1.807, 2.05) is 0 Å². The summed E-state index contributed by atoms with van der Waals surface area (Å²) < 4.78 is 44.2. The standard InChI is InChI=1S/C12H8F3NO2/c1-18-10(17)5-9-7-4-8(13)12(15)11(14)6(7)2-3-16-9/h2-4H,5H2,1H3. The summed E-state index contributed by atoms with van der Waals surface area (Å²) in [5, 5.41) is -0.0675. The maximum Gasteiger partial charge on any atom is 0.311 e. The molecule has 1 heterocycles. The minimum Gasteiger partial charge on any atom is -0.469 e. The van der Waals surface area contributed by atoms with Crippen molar-refractivity contribution in [3.63, 3.8) is 0 Å². The fraction of sp³-hybridized carbons (Fsp3) is 0.167. The summed E-state index contributed by atoms with van der Waals surface area (Å²) in [6.07, 6.45) is 0.985. The molecule has 3 nitrogen and oxygen atoms in total. The second-order valence-electron chi connectivity index (χ2n) is 3.59. The molecule has 0 N–H and O–H groups in total. The summed E-state index contributed by atoms with van der Waals surface area (Å²) in [6.45, 7) is 0. The zero-order valence-corrected chi connectivity index (χ0v) is 9.34. The van der Waals surface area contributed by atoms with Gasteiger partial charge in [-0.1, -0.05) is 0 Å². The van der Waals surface area contributed by atoms with Gasteiger partial charge >= 0.3 is 5.97 Å². The molecule has 2 rings (SSSR count). The van der Waals surface area contributed by atoms with Crippen LogP contribution in [0.2, 0.25) is 0 Å². The van der Waals surface area contributed by atoms with E-state index in [0.717, 1.165) is 6.07 Å². The van der Waals surface area contributed by atoms with Crippen LogP contribution in [0.25, 0.3) is 10.8 Å². The zero-order chi connectivity index (χ0) is 13.3. The Morgan fingerprint density at radius 3 is 2.67 bits per heavy atom. The molecule has 18 heavy (non-hydrogen) atoms. The van der Waals surface area contributed by atoms with E-state index in [0.29, 0.717) is 0 Å². The van der Waals surface area contributed by atoms with Gasteiger partial charge in [0.1, 0.15) is 0 Å². The van der Waals surface area contributed by atoms with Gasteiger partial charge < -0.3 is 4.74 Å². The third-order valence-electron chi connectivity index (χ3n) is 2.52. The van der Waals surface area contributed by atoms with Gasteiger partial charge in [-0.05, 0) is 12.1 Å². The van der Waals surface area contributed by atoms with Crippen LogP contribution >= 0.6 is 0 Å². The Bertz CT molecular complexity index is 628. The van der Waals surface area contributed by atoms with E-state index in [9.17, 15) is 18.0 Å². The molecule has 0 unspecified atom stereocenters. The van der Waals surface area contributed by atoms with E-state index in [4.69, 9.17) is 0 Å². The zero-order valence-electron chi connectivity index (χ0n) is 9.34. The highest BCUT2D eigenvalue weighted by Gasteiger charge is 2.17. The van der Waals surface area contributed by atoms with E-state index >= 15 is 0 Å². The maximum atomic E-state index is 13.5. The molecule has 0 fully saturated rings. The van der Waals surface area contributed by atoms with Gasteiger partial charge in [-0.15, -0.1) is 0 Å². The summed E-state index contributed by atoms with van der Waals surface area (Å²) in [7, 11) is 1.19. The van der Waals surface area contributed by atoms with Crippen molar-refractivity contribution in [2.75, 3.05) is 7.11 Å². The number of carbonyl (C=O) groups is 1. The average Bonchev–Trinajstić information content (AvgIpc) is 2.37. The van der Waals surface area contributed by atoms with Crippen molar-refractivity contribution in [3.8, 4) is 0 Å². The Morgan fingerprint density at radius 2 is 2.00 bits per heavy atom. The molecular weight excluding hydrogens is 247 g/mol. The normalized spacial score (nSPS) is 10.7. The number of carbonyl (C=O) groups excluding carboxylic acids is 1. The Balaban J connectivity index is 2.66. The number of ether oxygens (including phenoxy) is 1. The van der Waals surface area contributed by atoms with Gasteiger partial charge in [0.2, 0.25) is 0 Å². The Morgan fingerprint density at radius 1 is 1.28 bits per heavy atom. The molecule has 0 radical (unpaired) electrons. The lowest BCUT2D eigenvalue weighted by atomic mass is 10.1. The summed E-state index contributed by atoms with van der Waals surface area (Å²) in [6, 6.07) is 2.03. The minimum atomic E-state index is -1.54. The van der Waals surface area contributed by atoms with Gasteiger partial charge in [-0.3, -0.25) is 9.78 Å². The number of aromatic nitrogens is 1. The first kappa shape index (κ1) is 12.3. The van der Waals surface area contributed by atoms with Crippen LogP contribution < -0.4 is 0 Å². The van der Waals surface area contributed by atoms with Crippen LogP contribution in [-0.4, -0.2) is 18.1 Å². The number of hydrogen-bond donors (Lipinski definition) is 0. The van der Waals surface area contributed by atoms with E-state index < -0.39 is 23.4 Å². The van der Waals surface area contributed by atoms with Crippen molar-refractivity contribution in [2.45, 2.75) is 6.42 Å². The molecule has 0 saturated carbocycles. The first-order valence-electron chi connectivity index (χ1n) is 5.02. The number of nitrogens with zero attached hydrogens (tertiary/aromatic N) is 1. The molecule has 0 aliphatic rings. The fourth-order valence-electron chi connectivity index (χ4n) is 1.63. The third kappa shape index (κ3) is 2.01. The second kappa shape index (κ2) is 4.64. The molecule has 0 saturated heterocycles. The van der Waals surface area contributed by atoms with Gasteiger partial charge in [0.05, 0.1) is 19.2 Å². The van der Waals surface area contributed by atoms with Crippen molar-refractivity contribution in [1.29, 1.82) is 0 Å². The van der Waals surface area contributed by atoms with Crippen LogP contribution in [-0.2, 0) is 16.0 Å². The SMILES string of the molecule is COC(=O)Cc1nccc2c(F)c(F)c(F)cc12. The molecule has 0 atom stereocenters. The fourth-order valence-corrected chi connectivity index (χ4v) is 1.63. The lowest BCUT2D eigenvalue weighted by Gasteiger charge is -2.06. The Kier molecular flexibility index (Phi) is 3.18. The van der Waals surface area contributed by atoms with Crippen molar-refractivity contribution >= 4 is 16.7 Å². The summed E-state index contributed by atoms with van der Waals surface area (Å²) >= 11 is 0. The second-order valence-corrected chi connectivity index (χ2v) is 3.59. The first-order chi connectivity index (χ1) is 8.54. The number of halogens is 3. The lowest BCUT2D eigenvalue weighted by molar-refractivity contribution is -0.139. The number of benzene rings is 1. The number of esters is 1. The Labute approximate surface area is 100 Å². The van der Waals surface area contributed by atoms with Gasteiger partial charge in [-0.2, -0.15) is 0 Å². The summed E-state index contributed by atoms with van der Waals surface area (Å²) in [4.78, 5) is 15.0. The predicted molar refractivity (Wildman–Crippen MR) is 57.3 cm³/mol. The van der Waals surface area contributed by atoms with Crippen molar-refractivity contribution in [3.05, 3.63) is 41.5 Å². The number of fused-ring (bicyclic) bond motifs is 1. The molecule has 2 aromatic rings. The van der Waals surface area contributed by atoms with E-state index in [1.54, 1.807) is 0 Å². The van der Waals surface area contributed by atoms with Gasteiger partial charge in [-0.25, -0.2) is 13.2 Å².